The molecule has 0 spiro atoms. The molecule has 3 N–H and O–H groups in total. The summed E-state index contributed by atoms with van der Waals surface area (Å²) in [7, 11) is -1.93. The lowest BCUT2D eigenvalue weighted by Crippen LogP contribution is -2.43. The Balaban J connectivity index is 2.71. The van der Waals surface area contributed by atoms with Crippen molar-refractivity contribution < 1.29 is 24.5 Å². The van der Waals surface area contributed by atoms with Crippen molar-refractivity contribution in [2.24, 2.45) is 11.8 Å². The van der Waals surface area contributed by atoms with Gasteiger partial charge in [-0.25, -0.2) is 0 Å². The molecule has 0 aromatic carbocycles. The van der Waals surface area contributed by atoms with E-state index in [0.29, 0.717) is 6.61 Å². The molecule has 0 bridgehead atoms. The Kier molecular flexibility index (Phi) is 5.40. The Labute approximate surface area is 122 Å². The molecule has 0 amide bonds. The van der Waals surface area contributed by atoms with Crippen LogP contribution >= 0.6 is 0 Å². The van der Waals surface area contributed by atoms with Crippen LogP contribution in [0.15, 0.2) is 0 Å². The second-order valence-electron chi connectivity index (χ2n) is 7.37. The van der Waals surface area contributed by atoms with E-state index < -0.39 is 32.4 Å². The molecular formula is C14H28O5Si. The number of aliphatic hydroxyl groups is 2. The number of aliphatic hydroxyl groups excluding tert-OH is 2. The Hall–Kier alpha value is -0.433. The lowest BCUT2D eigenvalue weighted by atomic mass is 9.91. The molecule has 1 aliphatic carbocycles. The molecule has 118 valence electrons. The third-order valence-electron chi connectivity index (χ3n) is 4.87. The summed E-state index contributed by atoms with van der Waals surface area (Å²) in [6.07, 6.45) is -1.32. The highest BCUT2D eigenvalue weighted by Crippen LogP contribution is 2.40. The number of aliphatic carboxylic acids is 1. The van der Waals surface area contributed by atoms with E-state index in [2.05, 4.69) is 33.9 Å². The monoisotopic (exact) mass is 304 g/mol. The average molecular weight is 304 g/mol. The number of carboxylic acid groups (broad SMARTS) is 1. The molecule has 1 aliphatic rings. The van der Waals surface area contributed by atoms with Crippen LogP contribution in [0.25, 0.3) is 0 Å². The number of carbonyl (C=O) groups is 1. The maximum Gasteiger partial charge on any atom is 0.303 e. The fourth-order valence-electron chi connectivity index (χ4n) is 2.41. The van der Waals surface area contributed by atoms with Gasteiger partial charge in [-0.1, -0.05) is 20.8 Å². The van der Waals surface area contributed by atoms with Crippen LogP contribution in [-0.2, 0) is 9.22 Å². The standard InChI is InChI=1S/C14H28O5Si/c1-14(2,3)20(4,5)19-8-10-9(6-13(17)18)11(15)7-12(10)16/h9-12,15-16H,6-8H2,1-5H3,(H,17,18)/t9-,10-,11+,12-/m0/s1. The predicted octanol–water partition coefficient (Wildman–Crippen LogP) is 1.84. The first-order valence-electron chi connectivity index (χ1n) is 7.17. The highest BCUT2D eigenvalue weighted by atomic mass is 28.4. The average Bonchev–Trinajstić information content (AvgIpc) is 2.49. The zero-order chi connectivity index (χ0) is 15.7. The van der Waals surface area contributed by atoms with Crippen molar-refractivity contribution in [1.29, 1.82) is 0 Å². The van der Waals surface area contributed by atoms with E-state index >= 15 is 0 Å². The van der Waals surface area contributed by atoms with Crippen molar-refractivity contribution >= 4 is 14.3 Å². The van der Waals surface area contributed by atoms with Gasteiger partial charge in [0, 0.05) is 18.4 Å². The van der Waals surface area contributed by atoms with Crippen LogP contribution in [0.1, 0.15) is 33.6 Å². The minimum absolute atomic E-state index is 0.0669. The second-order valence-corrected chi connectivity index (χ2v) is 12.2. The lowest BCUT2D eigenvalue weighted by Gasteiger charge is -2.38. The van der Waals surface area contributed by atoms with Gasteiger partial charge in [0.2, 0.25) is 0 Å². The van der Waals surface area contributed by atoms with Crippen molar-refractivity contribution in [3.8, 4) is 0 Å². The van der Waals surface area contributed by atoms with Gasteiger partial charge in [0.15, 0.2) is 8.32 Å². The zero-order valence-electron chi connectivity index (χ0n) is 13.1. The van der Waals surface area contributed by atoms with E-state index in [1.54, 1.807) is 0 Å². The predicted molar refractivity (Wildman–Crippen MR) is 79.0 cm³/mol. The summed E-state index contributed by atoms with van der Waals surface area (Å²) in [6, 6.07) is 0. The normalized spacial score (nSPS) is 31.6. The van der Waals surface area contributed by atoms with Crippen LogP contribution < -0.4 is 0 Å². The van der Waals surface area contributed by atoms with E-state index in [4.69, 9.17) is 9.53 Å². The molecule has 0 saturated heterocycles. The van der Waals surface area contributed by atoms with Crippen LogP contribution in [0, 0.1) is 11.8 Å². The molecule has 20 heavy (non-hydrogen) atoms. The van der Waals surface area contributed by atoms with E-state index in [-0.39, 0.29) is 23.8 Å². The molecule has 0 heterocycles. The molecule has 0 aliphatic heterocycles. The highest BCUT2D eigenvalue weighted by Gasteiger charge is 2.45. The van der Waals surface area contributed by atoms with Gasteiger partial charge in [-0.3, -0.25) is 4.79 Å². The second kappa shape index (κ2) is 6.13. The molecule has 0 radical (unpaired) electrons. The maximum atomic E-state index is 10.9. The molecule has 1 rings (SSSR count). The quantitative estimate of drug-likeness (QED) is 0.675. The molecule has 1 fully saturated rings. The SMILES string of the molecule is CC(C)(C)[Si](C)(C)OC[C@H]1[C@H](CC(=O)O)[C@H](O)C[C@@H]1O. The van der Waals surface area contributed by atoms with Gasteiger partial charge in [0.05, 0.1) is 18.6 Å². The molecular weight excluding hydrogens is 276 g/mol. The fourth-order valence-corrected chi connectivity index (χ4v) is 3.45. The van der Waals surface area contributed by atoms with Crippen molar-refractivity contribution in [2.75, 3.05) is 6.61 Å². The molecule has 1 saturated carbocycles. The van der Waals surface area contributed by atoms with Crippen molar-refractivity contribution in [3.63, 3.8) is 0 Å². The van der Waals surface area contributed by atoms with Gasteiger partial charge in [0.1, 0.15) is 0 Å². The van der Waals surface area contributed by atoms with Gasteiger partial charge in [-0.2, -0.15) is 0 Å². The first kappa shape index (κ1) is 17.6. The minimum Gasteiger partial charge on any atom is -0.481 e. The van der Waals surface area contributed by atoms with Gasteiger partial charge >= 0.3 is 5.97 Å². The van der Waals surface area contributed by atoms with E-state index in [0.717, 1.165) is 0 Å². The van der Waals surface area contributed by atoms with Crippen LogP contribution in [-0.4, -0.2) is 48.4 Å². The summed E-state index contributed by atoms with van der Waals surface area (Å²) in [5.41, 5.74) is 0. The number of carboxylic acids is 1. The van der Waals surface area contributed by atoms with Gasteiger partial charge in [-0.05, 0) is 24.6 Å². The summed E-state index contributed by atoms with van der Waals surface area (Å²) < 4.78 is 6.08. The van der Waals surface area contributed by atoms with Crippen LogP contribution in [0.5, 0.6) is 0 Å². The van der Waals surface area contributed by atoms with Crippen molar-refractivity contribution in [3.05, 3.63) is 0 Å². The molecule has 0 aromatic rings. The largest absolute Gasteiger partial charge is 0.481 e. The third-order valence-corrected chi connectivity index (χ3v) is 9.38. The summed E-state index contributed by atoms with van der Waals surface area (Å²) in [4.78, 5) is 10.9. The fraction of sp³-hybridized carbons (Fsp3) is 0.929. The van der Waals surface area contributed by atoms with Crippen LogP contribution in [0.3, 0.4) is 0 Å². The van der Waals surface area contributed by atoms with Gasteiger partial charge in [0.25, 0.3) is 0 Å². The van der Waals surface area contributed by atoms with E-state index in [1.165, 1.54) is 0 Å². The summed E-state index contributed by atoms with van der Waals surface area (Å²) in [6.45, 7) is 11.0. The Morgan fingerprint density at radius 1 is 1.20 bits per heavy atom. The molecule has 4 atom stereocenters. The van der Waals surface area contributed by atoms with Crippen molar-refractivity contribution in [2.45, 2.75) is 64.0 Å². The summed E-state index contributed by atoms with van der Waals surface area (Å²) >= 11 is 0. The number of hydrogen-bond donors (Lipinski definition) is 3. The smallest absolute Gasteiger partial charge is 0.303 e. The lowest BCUT2D eigenvalue weighted by molar-refractivity contribution is -0.139. The van der Waals surface area contributed by atoms with Gasteiger partial charge < -0.3 is 19.7 Å². The number of rotatable bonds is 5. The molecule has 6 heteroatoms. The topological polar surface area (TPSA) is 87.0 Å². The van der Waals surface area contributed by atoms with Crippen molar-refractivity contribution in [1.82, 2.24) is 0 Å². The van der Waals surface area contributed by atoms with E-state index in [9.17, 15) is 15.0 Å². The van der Waals surface area contributed by atoms with E-state index in [1.807, 2.05) is 0 Å². The first-order valence-corrected chi connectivity index (χ1v) is 10.1. The number of hydrogen-bond acceptors (Lipinski definition) is 4. The Morgan fingerprint density at radius 3 is 2.15 bits per heavy atom. The summed E-state index contributed by atoms with van der Waals surface area (Å²) in [5.74, 6) is -1.66. The highest BCUT2D eigenvalue weighted by molar-refractivity contribution is 6.74. The minimum atomic E-state index is -1.93. The Bertz CT molecular complexity index is 350. The third kappa shape index (κ3) is 4.04. The zero-order valence-corrected chi connectivity index (χ0v) is 14.1. The van der Waals surface area contributed by atoms with Gasteiger partial charge in [-0.15, -0.1) is 0 Å². The Morgan fingerprint density at radius 2 is 1.70 bits per heavy atom. The maximum absolute atomic E-state index is 10.9. The molecule has 0 unspecified atom stereocenters. The van der Waals surface area contributed by atoms with Crippen LogP contribution in [0.4, 0.5) is 0 Å². The summed E-state index contributed by atoms with van der Waals surface area (Å²) in [5, 5.41) is 28.9. The van der Waals surface area contributed by atoms with Crippen LogP contribution in [0.2, 0.25) is 18.1 Å². The molecule has 0 aromatic heterocycles. The molecule has 5 nitrogen and oxygen atoms in total. The first-order chi connectivity index (χ1) is 8.95.